The SMILES string of the molecule is CCN(CC[N+](C)(C)CCOc1cccc(C)c1)C(=O)c1ccccc1.[I-]. The molecule has 4 nitrogen and oxygen atoms in total. The minimum Gasteiger partial charge on any atom is -1.00 e. The van der Waals surface area contributed by atoms with Crippen molar-refractivity contribution in [1.29, 1.82) is 0 Å². The number of quaternary nitrogens is 1. The van der Waals surface area contributed by atoms with Gasteiger partial charge in [0.1, 0.15) is 18.9 Å². The number of carbonyl (C=O) groups excluding carboxylic acids is 1. The van der Waals surface area contributed by atoms with E-state index >= 15 is 0 Å². The largest absolute Gasteiger partial charge is 1.00 e. The summed E-state index contributed by atoms with van der Waals surface area (Å²) in [6, 6.07) is 17.6. The first kappa shape index (κ1) is 23.4. The lowest BCUT2D eigenvalue weighted by Crippen LogP contribution is -3.00. The maximum absolute atomic E-state index is 12.6. The van der Waals surface area contributed by atoms with Gasteiger partial charge >= 0.3 is 0 Å². The molecule has 0 N–H and O–H groups in total. The van der Waals surface area contributed by atoms with E-state index in [1.165, 1.54) is 5.56 Å². The van der Waals surface area contributed by atoms with E-state index in [4.69, 9.17) is 4.74 Å². The van der Waals surface area contributed by atoms with Gasteiger partial charge in [-0.15, -0.1) is 0 Å². The first-order valence-corrected chi connectivity index (χ1v) is 9.27. The minimum atomic E-state index is 0. The molecule has 5 heteroatoms. The van der Waals surface area contributed by atoms with Crippen LogP contribution in [0.25, 0.3) is 0 Å². The van der Waals surface area contributed by atoms with Crippen LogP contribution in [0.5, 0.6) is 5.75 Å². The fraction of sp³-hybridized carbons (Fsp3) is 0.409. The van der Waals surface area contributed by atoms with Crippen molar-refractivity contribution in [2.75, 3.05) is 46.9 Å². The maximum Gasteiger partial charge on any atom is 0.254 e. The number of carbonyl (C=O) groups is 1. The molecule has 0 spiro atoms. The highest BCUT2D eigenvalue weighted by Crippen LogP contribution is 2.13. The number of hydrogen-bond donors (Lipinski definition) is 0. The topological polar surface area (TPSA) is 29.5 Å². The van der Waals surface area contributed by atoms with Gasteiger partial charge in [-0.2, -0.15) is 0 Å². The van der Waals surface area contributed by atoms with Gasteiger partial charge in [-0.1, -0.05) is 30.3 Å². The van der Waals surface area contributed by atoms with Crippen LogP contribution in [0.4, 0.5) is 0 Å². The van der Waals surface area contributed by atoms with Gasteiger partial charge in [0, 0.05) is 12.1 Å². The van der Waals surface area contributed by atoms with Crippen LogP contribution in [0.15, 0.2) is 54.6 Å². The van der Waals surface area contributed by atoms with Crippen LogP contribution in [0.2, 0.25) is 0 Å². The van der Waals surface area contributed by atoms with Gasteiger partial charge in [0.25, 0.3) is 5.91 Å². The summed E-state index contributed by atoms with van der Waals surface area (Å²) < 4.78 is 6.69. The number of aryl methyl sites for hydroxylation is 1. The lowest BCUT2D eigenvalue weighted by atomic mass is 10.2. The van der Waals surface area contributed by atoms with Crippen molar-refractivity contribution in [3.8, 4) is 5.75 Å². The van der Waals surface area contributed by atoms with Crippen LogP contribution in [0.1, 0.15) is 22.8 Å². The van der Waals surface area contributed by atoms with Crippen LogP contribution >= 0.6 is 0 Å². The zero-order valence-electron chi connectivity index (χ0n) is 16.8. The molecular weight excluding hydrogens is 451 g/mol. The van der Waals surface area contributed by atoms with Crippen molar-refractivity contribution in [3.05, 3.63) is 65.7 Å². The molecule has 2 aromatic rings. The van der Waals surface area contributed by atoms with Gasteiger partial charge in [0.05, 0.1) is 27.2 Å². The van der Waals surface area contributed by atoms with Gasteiger partial charge in [-0.3, -0.25) is 4.79 Å². The predicted octanol–water partition coefficient (Wildman–Crippen LogP) is 0.617. The van der Waals surface area contributed by atoms with E-state index in [2.05, 4.69) is 33.2 Å². The number of ether oxygens (including phenoxy) is 1. The molecule has 0 aromatic heterocycles. The summed E-state index contributed by atoms with van der Waals surface area (Å²) in [5.41, 5.74) is 1.96. The molecule has 0 aliphatic carbocycles. The Balaban J connectivity index is 0.00000364. The summed E-state index contributed by atoms with van der Waals surface area (Å²) in [4.78, 5) is 14.5. The van der Waals surface area contributed by atoms with E-state index in [1.807, 2.05) is 54.3 Å². The average Bonchev–Trinajstić information content (AvgIpc) is 2.62. The number of amides is 1. The molecule has 0 saturated heterocycles. The number of halogens is 1. The molecule has 0 bridgehead atoms. The second-order valence-corrected chi connectivity index (χ2v) is 7.30. The first-order valence-electron chi connectivity index (χ1n) is 9.27. The molecule has 0 aliphatic rings. The van der Waals surface area contributed by atoms with Gasteiger partial charge in [0.15, 0.2) is 0 Å². The van der Waals surface area contributed by atoms with Crippen LogP contribution in [-0.2, 0) is 0 Å². The molecule has 0 unspecified atom stereocenters. The lowest BCUT2D eigenvalue weighted by Gasteiger charge is -2.32. The fourth-order valence-electron chi connectivity index (χ4n) is 2.79. The van der Waals surface area contributed by atoms with Crippen LogP contribution in [-0.4, -0.2) is 62.2 Å². The van der Waals surface area contributed by atoms with Crippen molar-refractivity contribution in [2.45, 2.75) is 13.8 Å². The molecule has 148 valence electrons. The monoisotopic (exact) mass is 482 g/mol. The lowest BCUT2D eigenvalue weighted by molar-refractivity contribution is -0.889. The highest BCUT2D eigenvalue weighted by Gasteiger charge is 2.20. The Bertz CT molecular complexity index is 704. The number of hydrogen-bond acceptors (Lipinski definition) is 2. The number of benzene rings is 2. The second-order valence-electron chi connectivity index (χ2n) is 7.30. The third-order valence-electron chi connectivity index (χ3n) is 4.62. The predicted molar refractivity (Wildman–Crippen MR) is 107 cm³/mol. The maximum atomic E-state index is 12.6. The zero-order valence-corrected chi connectivity index (χ0v) is 19.0. The number of rotatable bonds is 9. The van der Waals surface area contributed by atoms with Gasteiger partial charge in [0.2, 0.25) is 0 Å². The summed E-state index contributed by atoms with van der Waals surface area (Å²) in [6.07, 6.45) is 0. The van der Waals surface area contributed by atoms with Crippen molar-refractivity contribution in [3.63, 3.8) is 0 Å². The summed E-state index contributed by atoms with van der Waals surface area (Å²) in [5.74, 6) is 1.02. The van der Waals surface area contributed by atoms with Crippen LogP contribution < -0.4 is 28.7 Å². The third-order valence-corrected chi connectivity index (χ3v) is 4.62. The Kier molecular flexibility index (Phi) is 9.80. The minimum absolute atomic E-state index is 0. The summed E-state index contributed by atoms with van der Waals surface area (Å²) >= 11 is 0. The van der Waals surface area contributed by atoms with E-state index in [0.29, 0.717) is 13.2 Å². The Morgan fingerprint density at radius 3 is 2.37 bits per heavy atom. The Morgan fingerprint density at radius 2 is 1.74 bits per heavy atom. The Morgan fingerprint density at radius 1 is 1.04 bits per heavy atom. The fourth-order valence-corrected chi connectivity index (χ4v) is 2.79. The molecule has 0 fully saturated rings. The molecule has 0 radical (unpaired) electrons. The molecule has 0 atom stereocenters. The second kappa shape index (κ2) is 11.3. The van der Waals surface area contributed by atoms with Crippen molar-refractivity contribution in [1.82, 2.24) is 4.90 Å². The van der Waals surface area contributed by atoms with Gasteiger partial charge < -0.3 is 38.1 Å². The molecule has 2 rings (SSSR count). The molecule has 0 aliphatic heterocycles. The molecule has 1 amide bonds. The summed E-state index contributed by atoms with van der Waals surface area (Å²) in [6.45, 7) is 8.00. The summed E-state index contributed by atoms with van der Waals surface area (Å²) in [5, 5.41) is 0. The Labute approximate surface area is 180 Å². The highest BCUT2D eigenvalue weighted by atomic mass is 127. The van der Waals surface area contributed by atoms with E-state index in [-0.39, 0.29) is 29.9 Å². The first-order chi connectivity index (χ1) is 12.4. The Hall–Kier alpha value is -1.60. The average molecular weight is 482 g/mol. The van der Waals surface area contributed by atoms with E-state index in [0.717, 1.165) is 35.4 Å². The normalized spacial score (nSPS) is 10.8. The van der Waals surface area contributed by atoms with E-state index in [9.17, 15) is 4.79 Å². The number of likely N-dealkylation sites (N-methyl/N-ethyl adjacent to an activating group) is 2. The standard InChI is InChI=1S/C22H31N2O2.HI/c1-5-23(22(25)20-11-7-6-8-12-20)14-15-24(3,4)16-17-26-21-13-9-10-19(2)18-21;/h6-13,18H,5,14-17H2,1-4H3;1H/q+1;/p-1. The quantitative estimate of drug-likeness (QED) is 0.388. The van der Waals surface area contributed by atoms with Gasteiger partial charge in [-0.05, 0) is 43.7 Å². The van der Waals surface area contributed by atoms with Crippen LogP contribution in [0.3, 0.4) is 0 Å². The third kappa shape index (κ3) is 7.89. The van der Waals surface area contributed by atoms with Crippen molar-refractivity contribution in [2.24, 2.45) is 0 Å². The smallest absolute Gasteiger partial charge is 0.254 e. The van der Waals surface area contributed by atoms with Crippen molar-refractivity contribution < 1.29 is 38.0 Å². The molecule has 0 heterocycles. The number of nitrogens with zero attached hydrogens (tertiary/aromatic N) is 2. The zero-order chi connectivity index (χ0) is 19.0. The van der Waals surface area contributed by atoms with E-state index in [1.54, 1.807) is 0 Å². The molecule has 0 saturated carbocycles. The van der Waals surface area contributed by atoms with Crippen molar-refractivity contribution >= 4 is 5.91 Å². The highest BCUT2D eigenvalue weighted by molar-refractivity contribution is 5.94. The molecular formula is C22H31IN2O2. The van der Waals surface area contributed by atoms with E-state index < -0.39 is 0 Å². The van der Waals surface area contributed by atoms with Crippen LogP contribution in [0, 0.1) is 6.92 Å². The van der Waals surface area contributed by atoms with Gasteiger partial charge in [-0.25, -0.2) is 0 Å². The summed E-state index contributed by atoms with van der Waals surface area (Å²) in [7, 11) is 4.36. The molecule has 27 heavy (non-hydrogen) atoms. The molecule has 2 aromatic carbocycles.